The van der Waals surface area contributed by atoms with Gasteiger partial charge in [-0.3, -0.25) is 0 Å². The Morgan fingerprint density at radius 2 is 2.33 bits per heavy atom. The fourth-order valence-electron chi connectivity index (χ4n) is 0.984. The molecule has 0 aliphatic heterocycles. The van der Waals surface area contributed by atoms with Gasteiger partial charge in [0.2, 0.25) is 0 Å². The maximum absolute atomic E-state index is 8.98. The van der Waals surface area contributed by atoms with Gasteiger partial charge in [-0.05, 0) is 26.0 Å². The van der Waals surface area contributed by atoms with Crippen LogP contribution in [0.4, 0.5) is 0 Å². The molecule has 2 nitrogen and oxygen atoms in total. The van der Waals surface area contributed by atoms with Crippen molar-refractivity contribution in [3.63, 3.8) is 0 Å². The summed E-state index contributed by atoms with van der Waals surface area (Å²) in [4.78, 5) is 2.66. The van der Waals surface area contributed by atoms with Crippen LogP contribution in [0.3, 0.4) is 0 Å². The van der Waals surface area contributed by atoms with Crippen LogP contribution in [0.2, 0.25) is 0 Å². The smallest absolute Gasteiger partial charge is 0.0636 e. The minimum absolute atomic E-state index is 0.258. The molecule has 0 radical (unpaired) electrons. The Kier molecular flexibility index (Phi) is 3.72. The summed E-state index contributed by atoms with van der Waals surface area (Å²) < 4.78 is 0. The van der Waals surface area contributed by atoms with Crippen molar-refractivity contribution in [2.24, 2.45) is 0 Å². The zero-order valence-electron chi connectivity index (χ0n) is 7.50. The lowest BCUT2D eigenvalue weighted by Gasteiger charge is -2.04. The highest BCUT2D eigenvalue weighted by molar-refractivity contribution is 7.11. The zero-order chi connectivity index (χ0) is 8.97. The molecule has 0 saturated heterocycles. The summed E-state index contributed by atoms with van der Waals surface area (Å²) in [6.07, 6.45) is -0.258. The molecule has 1 aromatic heterocycles. The van der Waals surface area contributed by atoms with Crippen molar-refractivity contribution in [2.75, 3.05) is 6.54 Å². The van der Waals surface area contributed by atoms with E-state index in [1.807, 2.05) is 0 Å². The van der Waals surface area contributed by atoms with E-state index in [2.05, 4.69) is 24.4 Å². The lowest BCUT2D eigenvalue weighted by Crippen LogP contribution is -2.23. The normalized spacial score (nSPS) is 13.2. The van der Waals surface area contributed by atoms with E-state index < -0.39 is 0 Å². The third-order valence-electron chi connectivity index (χ3n) is 1.53. The summed E-state index contributed by atoms with van der Waals surface area (Å²) in [7, 11) is 0. The molecule has 0 unspecified atom stereocenters. The molecule has 0 aromatic carbocycles. The second kappa shape index (κ2) is 4.60. The van der Waals surface area contributed by atoms with Crippen LogP contribution in [-0.2, 0) is 6.54 Å². The third-order valence-corrected chi connectivity index (χ3v) is 2.54. The second-order valence-corrected chi connectivity index (χ2v) is 4.36. The first-order valence-electron chi connectivity index (χ1n) is 4.12. The van der Waals surface area contributed by atoms with Gasteiger partial charge < -0.3 is 10.4 Å². The maximum atomic E-state index is 8.98. The first-order valence-corrected chi connectivity index (χ1v) is 4.94. The molecule has 1 rings (SSSR count). The van der Waals surface area contributed by atoms with Crippen LogP contribution in [-0.4, -0.2) is 17.8 Å². The standard InChI is InChI=1S/C9H15NOS/c1-7(11)5-10-6-9-4-3-8(2)12-9/h3-4,7,10-11H,5-6H2,1-2H3/t7-/m1/s1. The fraction of sp³-hybridized carbons (Fsp3) is 0.556. The Bertz CT molecular complexity index is 232. The van der Waals surface area contributed by atoms with Crippen LogP contribution in [0.1, 0.15) is 16.7 Å². The van der Waals surface area contributed by atoms with E-state index >= 15 is 0 Å². The molecule has 1 heterocycles. The third kappa shape index (κ3) is 3.34. The van der Waals surface area contributed by atoms with Gasteiger partial charge in [-0.25, -0.2) is 0 Å². The maximum Gasteiger partial charge on any atom is 0.0636 e. The minimum Gasteiger partial charge on any atom is -0.392 e. The van der Waals surface area contributed by atoms with Crippen LogP contribution < -0.4 is 5.32 Å². The van der Waals surface area contributed by atoms with Gasteiger partial charge in [0.25, 0.3) is 0 Å². The van der Waals surface area contributed by atoms with Gasteiger partial charge in [-0.15, -0.1) is 11.3 Å². The molecule has 1 atom stereocenters. The summed E-state index contributed by atoms with van der Waals surface area (Å²) in [5, 5.41) is 12.2. The van der Waals surface area contributed by atoms with Crippen molar-refractivity contribution in [3.8, 4) is 0 Å². The van der Waals surface area contributed by atoms with E-state index in [4.69, 9.17) is 5.11 Å². The molecule has 1 aromatic rings. The van der Waals surface area contributed by atoms with E-state index in [0.717, 1.165) is 6.54 Å². The van der Waals surface area contributed by atoms with Crippen LogP contribution in [0.5, 0.6) is 0 Å². The van der Waals surface area contributed by atoms with E-state index in [1.54, 1.807) is 18.3 Å². The second-order valence-electron chi connectivity index (χ2n) is 2.99. The summed E-state index contributed by atoms with van der Waals surface area (Å²) in [5.74, 6) is 0. The summed E-state index contributed by atoms with van der Waals surface area (Å²) in [5.41, 5.74) is 0. The Hall–Kier alpha value is -0.380. The van der Waals surface area contributed by atoms with Crippen molar-refractivity contribution in [3.05, 3.63) is 21.9 Å². The van der Waals surface area contributed by atoms with Gasteiger partial charge in [0, 0.05) is 22.8 Å². The Balaban J connectivity index is 2.24. The van der Waals surface area contributed by atoms with Crippen LogP contribution >= 0.6 is 11.3 Å². The molecule has 0 amide bonds. The Morgan fingerprint density at radius 3 is 2.83 bits per heavy atom. The molecule has 2 N–H and O–H groups in total. The Morgan fingerprint density at radius 1 is 1.58 bits per heavy atom. The van der Waals surface area contributed by atoms with Gasteiger partial charge in [0.15, 0.2) is 0 Å². The molecule has 0 spiro atoms. The molecular formula is C9H15NOS. The van der Waals surface area contributed by atoms with Crippen molar-refractivity contribution < 1.29 is 5.11 Å². The van der Waals surface area contributed by atoms with Gasteiger partial charge in [-0.1, -0.05) is 0 Å². The quantitative estimate of drug-likeness (QED) is 0.745. The zero-order valence-corrected chi connectivity index (χ0v) is 8.32. The molecule has 68 valence electrons. The molecule has 3 heteroatoms. The molecule has 0 bridgehead atoms. The number of nitrogens with one attached hydrogen (secondary N) is 1. The first kappa shape index (κ1) is 9.71. The highest BCUT2D eigenvalue weighted by Gasteiger charge is 1.97. The summed E-state index contributed by atoms with van der Waals surface area (Å²) >= 11 is 1.80. The number of hydrogen-bond donors (Lipinski definition) is 2. The van der Waals surface area contributed by atoms with Crippen LogP contribution in [0.25, 0.3) is 0 Å². The van der Waals surface area contributed by atoms with Gasteiger partial charge >= 0.3 is 0 Å². The number of thiophene rings is 1. The van der Waals surface area contributed by atoms with Crippen molar-refractivity contribution >= 4 is 11.3 Å². The fourth-order valence-corrected chi connectivity index (χ4v) is 1.84. The van der Waals surface area contributed by atoms with Crippen LogP contribution in [0, 0.1) is 6.92 Å². The number of aliphatic hydroxyl groups excluding tert-OH is 1. The number of rotatable bonds is 4. The Labute approximate surface area is 77.2 Å². The predicted octanol–water partition coefficient (Wildman–Crippen LogP) is 1.53. The highest BCUT2D eigenvalue weighted by atomic mass is 32.1. The summed E-state index contributed by atoms with van der Waals surface area (Å²) in [6, 6.07) is 4.24. The topological polar surface area (TPSA) is 32.3 Å². The number of aryl methyl sites for hydroxylation is 1. The minimum atomic E-state index is -0.258. The number of hydrogen-bond acceptors (Lipinski definition) is 3. The molecule has 12 heavy (non-hydrogen) atoms. The lowest BCUT2D eigenvalue weighted by atomic mass is 10.4. The molecular weight excluding hydrogens is 170 g/mol. The number of aliphatic hydroxyl groups is 1. The average molecular weight is 185 g/mol. The van der Waals surface area contributed by atoms with Gasteiger partial charge in [0.1, 0.15) is 0 Å². The predicted molar refractivity (Wildman–Crippen MR) is 52.4 cm³/mol. The first-order chi connectivity index (χ1) is 5.68. The largest absolute Gasteiger partial charge is 0.392 e. The van der Waals surface area contributed by atoms with Crippen LogP contribution in [0.15, 0.2) is 12.1 Å². The summed E-state index contributed by atoms with van der Waals surface area (Å²) in [6.45, 7) is 5.41. The van der Waals surface area contributed by atoms with E-state index in [0.29, 0.717) is 6.54 Å². The van der Waals surface area contributed by atoms with E-state index in [1.165, 1.54) is 9.75 Å². The SMILES string of the molecule is Cc1ccc(CNC[C@@H](C)O)s1. The van der Waals surface area contributed by atoms with Crippen molar-refractivity contribution in [1.82, 2.24) is 5.32 Å². The molecule has 0 fully saturated rings. The molecule has 0 aliphatic rings. The van der Waals surface area contributed by atoms with Crippen molar-refractivity contribution in [1.29, 1.82) is 0 Å². The highest BCUT2D eigenvalue weighted by Crippen LogP contribution is 2.14. The monoisotopic (exact) mass is 185 g/mol. The van der Waals surface area contributed by atoms with E-state index in [-0.39, 0.29) is 6.10 Å². The van der Waals surface area contributed by atoms with Gasteiger partial charge in [-0.2, -0.15) is 0 Å². The van der Waals surface area contributed by atoms with E-state index in [9.17, 15) is 0 Å². The molecule has 0 saturated carbocycles. The average Bonchev–Trinajstić information content (AvgIpc) is 2.35. The van der Waals surface area contributed by atoms with Crippen molar-refractivity contribution in [2.45, 2.75) is 26.5 Å². The lowest BCUT2D eigenvalue weighted by molar-refractivity contribution is 0.191. The molecule has 0 aliphatic carbocycles. The van der Waals surface area contributed by atoms with Gasteiger partial charge in [0.05, 0.1) is 6.10 Å².